The topological polar surface area (TPSA) is 43.6 Å². The van der Waals surface area contributed by atoms with Crippen LogP contribution in [0.5, 0.6) is 0 Å². The van der Waals surface area contributed by atoms with Crippen molar-refractivity contribution in [1.82, 2.24) is 19.7 Å². The minimum Gasteiger partial charge on any atom is -0.250 e. The molecule has 0 aromatic carbocycles. The van der Waals surface area contributed by atoms with Crippen LogP contribution in [0.15, 0.2) is 17.6 Å². The van der Waals surface area contributed by atoms with Gasteiger partial charge in [0, 0.05) is 12.3 Å². The fourth-order valence-corrected chi connectivity index (χ4v) is 2.80. The average Bonchev–Trinajstić information content (AvgIpc) is 2.62. The van der Waals surface area contributed by atoms with E-state index in [4.69, 9.17) is 0 Å². The van der Waals surface area contributed by atoms with Gasteiger partial charge in [-0.25, -0.2) is 9.97 Å². The zero-order valence-corrected chi connectivity index (χ0v) is 10.7. The predicted molar refractivity (Wildman–Crippen MR) is 66.5 cm³/mol. The van der Waals surface area contributed by atoms with Crippen molar-refractivity contribution in [2.24, 2.45) is 7.05 Å². The van der Waals surface area contributed by atoms with Crippen LogP contribution in [0.1, 0.15) is 26.7 Å². The Bertz CT molecular complexity index is 480. The van der Waals surface area contributed by atoms with Crippen LogP contribution in [0.3, 0.4) is 0 Å². The van der Waals surface area contributed by atoms with E-state index in [2.05, 4.69) is 28.9 Å². The molecule has 0 N–H and O–H groups in total. The van der Waals surface area contributed by atoms with E-state index in [0.717, 1.165) is 16.1 Å². The van der Waals surface area contributed by atoms with Gasteiger partial charge in [-0.1, -0.05) is 20.3 Å². The molecular weight excluding hydrogens is 220 g/mol. The molecule has 0 aliphatic rings. The molecule has 2 aromatic rings. The first-order chi connectivity index (χ1) is 7.72. The Hall–Kier alpha value is -1.10. The van der Waals surface area contributed by atoms with E-state index in [0.29, 0.717) is 5.25 Å². The smallest absolute Gasteiger partial charge is 0.162 e. The molecule has 2 aromatic heterocycles. The van der Waals surface area contributed by atoms with Crippen molar-refractivity contribution in [3.05, 3.63) is 12.5 Å². The molecule has 2 heterocycles. The molecule has 0 spiro atoms. The summed E-state index contributed by atoms with van der Waals surface area (Å²) >= 11 is 1.81. The molecule has 5 heteroatoms. The van der Waals surface area contributed by atoms with Crippen molar-refractivity contribution < 1.29 is 0 Å². The van der Waals surface area contributed by atoms with Gasteiger partial charge >= 0.3 is 0 Å². The average molecular weight is 236 g/mol. The molecule has 86 valence electrons. The summed E-state index contributed by atoms with van der Waals surface area (Å²) in [6.07, 6.45) is 5.87. The van der Waals surface area contributed by atoms with Gasteiger partial charge in [-0.3, -0.25) is 4.68 Å². The number of thioether (sulfide) groups is 1. The van der Waals surface area contributed by atoms with E-state index in [1.165, 1.54) is 12.8 Å². The van der Waals surface area contributed by atoms with Gasteiger partial charge in [0.25, 0.3) is 0 Å². The van der Waals surface area contributed by atoms with Crippen molar-refractivity contribution >= 4 is 22.8 Å². The number of hydrogen-bond donors (Lipinski definition) is 0. The van der Waals surface area contributed by atoms with E-state index in [1.807, 2.05) is 13.2 Å². The van der Waals surface area contributed by atoms with Gasteiger partial charge in [0.05, 0.1) is 11.6 Å². The van der Waals surface area contributed by atoms with E-state index >= 15 is 0 Å². The van der Waals surface area contributed by atoms with Crippen molar-refractivity contribution in [3.8, 4) is 0 Å². The molecule has 0 unspecified atom stereocenters. The zero-order valence-electron chi connectivity index (χ0n) is 9.84. The van der Waals surface area contributed by atoms with Gasteiger partial charge < -0.3 is 0 Å². The maximum absolute atomic E-state index is 4.34. The number of fused-ring (bicyclic) bond motifs is 1. The van der Waals surface area contributed by atoms with E-state index in [9.17, 15) is 0 Å². The second-order valence-electron chi connectivity index (χ2n) is 3.90. The lowest BCUT2D eigenvalue weighted by atomic mass is 10.3. The summed E-state index contributed by atoms with van der Waals surface area (Å²) in [6.45, 7) is 4.44. The quantitative estimate of drug-likeness (QED) is 0.604. The number of nitrogens with zero attached hydrogens (tertiary/aromatic N) is 4. The molecule has 0 fully saturated rings. The number of aromatic nitrogens is 4. The van der Waals surface area contributed by atoms with Crippen LogP contribution in [-0.2, 0) is 7.05 Å². The largest absolute Gasteiger partial charge is 0.250 e. The van der Waals surface area contributed by atoms with Gasteiger partial charge in [0.1, 0.15) is 11.4 Å². The highest BCUT2D eigenvalue weighted by atomic mass is 32.2. The molecule has 0 aliphatic heterocycles. The van der Waals surface area contributed by atoms with Crippen LogP contribution in [0.2, 0.25) is 0 Å². The van der Waals surface area contributed by atoms with Crippen molar-refractivity contribution in [2.45, 2.75) is 37.0 Å². The number of rotatable bonds is 4. The highest BCUT2D eigenvalue weighted by Crippen LogP contribution is 2.29. The fourth-order valence-electron chi connectivity index (χ4n) is 1.69. The highest BCUT2D eigenvalue weighted by molar-refractivity contribution is 8.00. The van der Waals surface area contributed by atoms with E-state index < -0.39 is 0 Å². The zero-order chi connectivity index (χ0) is 11.5. The molecule has 0 radical (unpaired) electrons. The Balaban J connectivity index is 2.30. The summed E-state index contributed by atoms with van der Waals surface area (Å²) in [6, 6.07) is 0. The molecule has 0 saturated carbocycles. The summed E-state index contributed by atoms with van der Waals surface area (Å²) in [5.41, 5.74) is 0.904. The van der Waals surface area contributed by atoms with Crippen LogP contribution in [0.25, 0.3) is 11.0 Å². The molecule has 4 nitrogen and oxygen atoms in total. The Morgan fingerprint density at radius 3 is 3.00 bits per heavy atom. The van der Waals surface area contributed by atoms with Gasteiger partial charge in [-0.05, 0) is 6.42 Å². The minimum atomic E-state index is 0.586. The normalized spacial score (nSPS) is 13.2. The fraction of sp³-hybridized carbons (Fsp3) is 0.545. The summed E-state index contributed by atoms with van der Waals surface area (Å²) in [4.78, 5) is 8.57. The molecule has 1 atom stereocenters. The molecule has 0 amide bonds. The molecule has 2 rings (SSSR count). The highest BCUT2D eigenvalue weighted by Gasteiger charge is 2.11. The van der Waals surface area contributed by atoms with Gasteiger partial charge in [-0.2, -0.15) is 5.10 Å². The summed E-state index contributed by atoms with van der Waals surface area (Å²) in [7, 11) is 1.90. The van der Waals surface area contributed by atoms with Crippen LogP contribution >= 0.6 is 11.8 Å². The monoisotopic (exact) mass is 236 g/mol. The first-order valence-electron chi connectivity index (χ1n) is 5.51. The van der Waals surface area contributed by atoms with Crippen molar-refractivity contribution in [1.29, 1.82) is 0 Å². The summed E-state index contributed by atoms with van der Waals surface area (Å²) in [5, 5.41) is 6.89. The number of hydrogen-bond acceptors (Lipinski definition) is 4. The first kappa shape index (κ1) is 11.4. The summed E-state index contributed by atoms with van der Waals surface area (Å²) in [5.74, 6) is 0. The van der Waals surface area contributed by atoms with Gasteiger partial charge in [0.2, 0.25) is 0 Å². The Kier molecular flexibility index (Phi) is 3.43. The maximum atomic E-state index is 4.34. The molecule has 16 heavy (non-hydrogen) atoms. The molecule has 0 aliphatic carbocycles. The first-order valence-corrected chi connectivity index (χ1v) is 6.39. The minimum absolute atomic E-state index is 0.586. The third-order valence-electron chi connectivity index (χ3n) is 2.50. The third kappa shape index (κ3) is 2.19. The van der Waals surface area contributed by atoms with E-state index in [-0.39, 0.29) is 0 Å². The second-order valence-corrected chi connectivity index (χ2v) is 5.33. The standard InChI is InChI=1S/C11H16N4S/c1-4-5-8(2)16-11-9-6-14-15(3)10(9)12-7-13-11/h6-8H,4-5H2,1-3H3/t8-/m1/s1. The summed E-state index contributed by atoms with van der Waals surface area (Å²) < 4.78 is 1.78. The van der Waals surface area contributed by atoms with Crippen LogP contribution in [-0.4, -0.2) is 25.0 Å². The second kappa shape index (κ2) is 4.82. The van der Waals surface area contributed by atoms with Crippen LogP contribution < -0.4 is 0 Å². The molecule has 0 bridgehead atoms. The van der Waals surface area contributed by atoms with Gasteiger partial charge in [0.15, 0.2) is 5.65 Å². The van der Waals surface area contributed by atoms with Crippen LogP contribution in [0.4, 0.5) is 0 Å². The SMILES string of the molecule is CCC[C@@H](C)Sc1ncnc2c1cnn2C. The Labute approximate surface area is 99.5 Å². The third-order valence-corrected chi connectivity index (χ3v) is 3.69. The molecule has 0 saturated heterocycles. The number of aryl methyl sites for hydroxylation is 1. The maximum Gasteiger partial charge on any atom is 0.162 e. The van der Waals surface area contributed by atoms with Crippen molar-refractivity contribution in [3.63, 3.8) is 0 Å². The Morgan fingerprint density at radius 2 is 2.25 bits per heavy atom. The lowest BCUT2D eigenvalue weighted by molar-refractivity contribution is 0.782. The van der Waals surface area contributed by atoms with E-state index in [1.54, 1.807) is 22.8 Å². The predicted octanol–water partition coefficient (Wildman–Crippen LogP) is 2.64. The lowest BCUT2D eigenvalue weighted by Crippen LogP contribution is -1.97. The van der Waals surface area contributed by atoms with Crippen LogP contribution in [0, 0.1) is 0 Å². The Morgan fingerprint density at radius 1 is 1.44 bits per heavy atom. The molecular formula is C11H16N4S. The van der Waals surface area contributed by atoms with Gasteiger partial charge in [-0.15, -0.1) is 11.8 Å². The van der Waals surface area contributed by atoms with Crippen molar-refractivity contribution in [2.75, 3.05) is 0 Å². The lowest BCUT2D eigenvalue weighted by Gasteiger charge is -2.08.